The van der Waals surface area contributed by atoms with Crippen molar-refractivity contribution >= 4 is 23.0 Å². The molecule has 0 aliphatic heterocycles. The van der Waals surface area contributed by atoms with Crippen molar-refractivity contribution in [2.45, 2.75) is 6.54 Å². The van der Waals surface area contributed by atoms with E-state index in [1.807, 2.05) is 54.7 Å². The van der Waals surface area contributed by atoms with E-state index in [0.29, 0.717) is 24.5 Å². The van der Waals surface area contributed by atoms with Crippen molar-refractivity contribution in [2.24, 2.45) is 5.10 Å². The van der Waals surface area contributed by atoms with Gasteiger partial charge in [-0.1, -0.05) is 36.4 Å². The highest BCUT2D eigenvalue weighted by Gasteiger charge is 2.08. The number of nitrogens with one attached hydrogen (secondary N) is 1. The predicted octanol–water partition coefficient (Wildman–Crippen LogP) is 4.49. The molecule has 4 aromatic rings. The Kier molecular flexibility index (Phi) is 6.28. The van der Waals surface area contributed by atoms with E-state index in [4.69, 9.17) is 9.47 Å². The van der Waals surface area contributed by atoms with Crippen LogP contribution in [-0.2, 0) is 6.54 Å². The van der Waals surface area contributed by atoms with Crippen molar-refractivity contribution in [2.75, 3.05) is 13.7 Å². The average Bonchev–Trinajstić information content (AvgIpc) is 3.17. The normalized spacial score (nSPS) is 11.0. The highest BCUT2D eigenvalue weighted by Crippen LogP contribution is 2.20. The van der Waals surface area contributed by atoms with Crippen molar-refractivity contribution < 1.29 is 14.3 Å². The van der Waals surface area contributed by atoms with Crippen LogP contribution in [0.5, 0.6) is 11.5 Å². The molecule has 0 atom stereocenters. The van der Waals surface area contributed by atoms with E-state index in [9.17, 15) is 4.79 Å². The Labute approximate surface area is 180 Å². The van der Waals surface area contributed by atoms with Gasteiger partial charge in [0.2, 0.25) is 0 Å². The Hall–Kier alpha value is -4.06. The Morgan fingerprint density at radius 3 is 2.48 bits per heavy atom. The maximum atomic E-state index is 12.3. The molecular formula is C25H23N3O3. The topological polar surface area (TPSA) is 64.8 Å². The van der Waals surface area contributed by atoms with Crippen LogP contribution in [0, 0.1) is 0 Å². The van der Waals surface area contributed by atoms with Gasteiger partial charge in [-0.2, -0.15) is 5.10 Å². The molecule has 156 valence electrons. The number of carbonyl (C=O) groups excluding carboxylic acids is 1. The Morgan fingerprint density at radius 1 is 0.968 bits per heavy atom. The summed E-state index contributed by atoms with van der Waals surface area (Å²) in [5, 5.41) is 5.21. The van der Waals surface area contributed by atoms with Gasteiger partial charge in [-0.3, -0.25) is 4.79 Å². The molecule has 0 saturated heterocycles. The van der Waals surface area contributed by atoms with Gasteiger partial charge in [0.25, 0.3) is 5.91 Å². The van der Waals surface area contributed by atoms with Crippen molar-refractivity contribution in [3.05, 3.63) is 96.2 Å². The molecule has 0 bridgehead atoms. The van der Waals surface area contributed by atoms with Crippen LogP contribution in [0.15, 0.2) is 90.2 Å². The fourth-order valence-corrected chi connectivity index (χ4v) is 3.31. The van der Waals surface area contributed by atoms with E-state index in [2.05, 4.69) is 21.2 Å². The van der Waals surface area contributed by atoms with E-state index in [-0.39, 0.29) is 5.91 Å². The number of para-hydroxylation sites is 2. The smallest absolute Gasteiger partial charge is 0.271 e. The van der Waals surface area contributed by atoms with Crippen LogP contribution in [0.3, 0.4) is 0 Å². The minimum atomic E-state index is -0.279. The first-order valence-corrected chi connectivity index (χ1v) is 9.98. The molecule has 6 nitrogen and oxygen atoms in total. The molecule has 4 rings (SSSR count). The van der Waals surface area contributed by atoms with Gasteiger partial charge >= 0.3 is 0 Å². The van der Waals surface area contributed by atoms with Crippen LogP contribution >= 0.6 is 0 Å². The van der Waals surface area contributed by atoms with Gasteiger partial charge in [0, 0.05) is 28.2 Å². The first kappa shape index (κ1) is 20.2. The van der Waals surface area contributed by atoms with Crippen molar-refractivity contribution in [3.8, 4) is 11.5 Å². The third kappa shape index (κ3) is 4.93. The molecule has 0 unspecified atom stereocenters. The lowest BCUT2D eigenvalue weighted by molar-refractivity contribution is 0.0955. The number of fused-ring (bicyclic) bond motifs is 1. The summed E-state index contributed by atoms with van der Waals surface area (Å²) in [6.45, 7) is 1.24. The standard InChI is InChI=1S/C25H23N3O3/c1-30-21-13-11-19(12-14-21)25(29)27-26-17-20-18-28(24-10-6-5-9-23(20)24)15-16-31-22-7-3-2-4-8-22/h2-14,17-18H,15-16H2,1H3,(H,27,29)/b26-17+. The number of amides is 1. The summed E-state index contributed by atoms with van der Waals surface area (Å²) in [6.07, 6.45) is 3.68. The summed E-state index contributed by atoms with van der Waals surface area (Å²) in [7, 11) is 1.59. The molecule has 3 aromatic carbocycles. The zero-order valence-corrected chi connectivity index (χ0v) is 17.2. The van der Waals surface area contributed by atoms with Crippen LogP contribution in [-0.4, -0.2) is 30.4 Å². The van der Waals surface area contributed by atoms with Gasteiger partial charge in [-0.15, -0.1) is 0 Å². The number of benzene rings is 3. The molecule has 0 fully saturated rings. The number of hydrogen-bond acceptors (Lipinski definition) is 4. The zero-order valence-electron chi connectivity index (χ0n) is 17.2. The fraction of sp³-hybridized carbons (Fsp3) is 0.120. The number of ether oxygens (including phenoxy) is 2. The third-order valence-electron chi connectivity index (χ3n) is 4.89. The van der Waals surface area contributed by atoms with Gasteiger partial charge in [-0.05, 0) is 42.5 Å². The summed E-state index contributed by atoms with van der Waals surface area (Å²) in [6, 6.07) is 24.7. The number of nitrogens with zero attached hydrogens (tertiary/aromatic N) is 2. The maximum Gasteiger partial charge on any atom is 0.271 e. The quantitative estimate of drug-likeness (QED) is 0.342. The van der Waals surface area contributed by atoms with Crippen LogP contribution in [0.4, 0.5) is 0 Å². The molecule has 0 aliphatic rings. The minimum absolute atomic E-state index is 0.279. The molecule has 6 heteroatoms. The Balaban J connectivity index is 1.44. The van der Waals surface area contributed by atoms with Crippen LogP contribution in [0.2, 0.25) is 0 Å². The number of rotatable bonds is 8. The third-order valence-corrected chi connectivity index (χ3v) is 4.89. The number of hydrogen-bond donors (Lipinski definition) is 1. The van der Waals surface area contributed by atoms with Crippen molar-refractivity contribution in [3.63, 3.8) is 0 Å². The molecule has 0 spiro atoms. The van der Waals surface area contributed by atoms with E-state index in [1.54, 1.807) is 37.6 Å². The summed E-state index contributed by atoms with van der Waals surface area (Å²) < 4.78 is 13.1. The lowest BCUT2D eigenvalue weighted by Gasteiger charge is -2.08. The van der Waals surface area contributed by atoms with Gasteiger partial charge in [0.1, 0.15) is 18.1 Å². The first-order valence-electron chi connectivity index (χ1n) is 9.98. The van der Waals surface area contributed by atoms with Crippen LogP contribution in [0.1, 0.15) is 15.9 Å². The zero-order chi connectivity index (χ0) is 21.5. The number of carbonyl (C=O) groups is 1. The highest BCUT2D eigenvalue weighted by atomic mass is 16.5. The minimum Gasteiger partial charge on any atom is -0.497 e. The summed E-state index contributed by atoms with van der Waals surface area (Å²) >= 11 is 0. The predicted molar refractivity (Wildman–Crippen MR) is 122 cm³/mol. The second-order valence-electron chi connectivity index (χ2n) is 6.88. The molecular weight excluding hydrogens is 390 g/mol. The highest BCUT2D eigenvalue weighted by molar-refractivity contribution is 6.00. The lowest BCUT2D eigenvalue weighted by atomic mass is 10.2. The van der Waals surface area contributed by atoms with Gasteiger partial charge < -0.3 is 14.0 Å². The first-order chi connectivity index (χ1) is 15.2. The fourth-order valence-electron chi connectivity index (χ4n) is 3.31. The number of methoxy groups -OCH3 is 1. The maximum absolute atomic E-state index is 12.3. The van der Waals surface area contributed by atoms with E-state index in [1.165, 1.54) is 0 Å². The summed E-state index contributed by atoms with van der Waals surface area (Å²) in [5.74, 6) is 1.27. The van der Waals surface area contributed by atoms with E-state index in [0.717, 1.165) is 22.2 Å². The molecule has 31 heavy (non-hydrogen) atoms. The Morgan fingerprint density at radius 2 is 1.71 bits per heavy atom. The van der Waals surface area contributed by atoms with E-state index < -0.39 is 0 Å². The molecule has 1 N–H and O–H groups in total. The summed E-state index contributed by atoms with van der Waals surface area (Å²) in [4.78, 5) is 12.3. The number of hydrazone groups is 1. The molecule has 0 saturated carbocycles. The van der Waals surface area contributed by atoms with Gasteiger partial charge in [0.05, 0.1) is 19.9 Å². The molecule has 1 amide bonds. The monoisotopic (exact) mass is 413 g/mol. The average molecular weight is 413 g/mol. The Bertz CT molecular complexity index is 1180. The second-order valence-corrected chi connectivity index (χ2v) is 6.88. The lowest BCUT2D eigenvalue weighted by Crippen LogP contribution is -2.17. The van der Waals surface area contributed by atoms with Crippen LogP contribution in [0.25, 0.3) is 10.9 Å². The number of aromatic nitrogens is 1. The van der Waals surface area contributed by atoms with Gasteiger partial charge in [-0.25, -0.2) is 5.43 Å². The van der Waals surface area contributed by atoms with E-state index >= 15 is 0 Å². The largest absolute Gasteiger partial charge is 0.497 e. The summed E-state index contributed by atoms with van der Waals surface area (Å²) in [5.41, 5.74) is 5.10. The molecule has 0 radical (unpaired) electrons. The SMILES string of the molecule is COc1ccc(C(=O)N/N=C/c2cn(CCOc3ccccc3)c3ccccc23)cc1. The van der Waals surface area contributed by atoms with Crippen molar-refractivity contribution in [1.29, 1.82) is 0 Å². The molecule has 1 aromatic heterocycles. The van der Waals surface area contributed by atoms with Crippen LogP contribution < -0.4 is 14.9 Å². The second kappa shape index (κ2) is 9.63. The van der Waals surface area contributed by atoms with Gasteiger partial charge in [0.15, 0.2) is 0 Å². The van der Waals surface area contributed by atoms with Crippen molar-refractivity contribution in [1.82, 2.24) is 9.99 Å². The molecule has 1 heterocycles. The molecule has 0 aliphatic carbocycles.